The third-order valence-corrected chi connectivity index (χ3v) is 3.45. The topological polar surface area (TPSA) is 156 Å². The van der Waals surface area contributed by atoms with Gasteiger partial charge in [-0.05, 0) is 12.5 Å². The van der Waals surface area contributed by atoms with E-state index in [0.717, 1.165) is 10.6 Å². The van der Waals surface area contributed by atoms with Crippen LogP contribution in [-0.2, 0) is 17.6 Å². The number of rotatable bonds is 6. The first-order chi connectivity index (χ1) is 11.8. The van der Waals surface area contributed by atoms with Gasteiger partial charge in [-0.1, -0.05) is 0 Å². The van der Waals surface area contributed by atoms with Crippen molar-refractivity contribution in [2.75, 3.05) is 7.11 Å². The number of imidazole rings is 1. The molecule has 25 heavy (non-hydrogen) atoms. The van der Waals surface area contributed by atoms with Gasteiger partial charge < -0.3 is 10.5 Å². The van der Waals surface area contributed by atoms with Crippen molar-refractivity contribution in [3.05, 3.63) is 62.2 Å². The van der Waals surface area contributed by atoms with E-state index in [1.54, 1.807) is 0 Å². The van der Waals surface area contributed by atoms with Crippen molar-refractivity contribution in [3.8, 4) is 0 Å². The Bertz CT molecular complexity index is 818. The van der Waals surface area contributed by atoms with Crippen molar-refractivity contribution in [2.45, 2.75) is 18.9 Å². The zero-order valence-corrected chi connectivity index (χ0v) is 13.2. The molecule has 132 valence electrons. The van der Waals surface area contributed by atoms with Gasteiger partial charge in [-0.15, -0.1) is 0 Å². The number of methoxy groups -OCH3 is 1. The van der Waals surface area contributed by atoms with Crippen molar-refractivity contribution in [2.24, 2.45) is 5.73 Å². The van der Waals surface area contributed by atoms with Crippen LogP contribution in [0.5, 0.6) is 0 Å². The number of carbonyl (C=O) groups excluding carboxylic acids is 1. The van der Waals surface area contributed by atoms with Crippen LogP contribution in [0.3, 0.4) is 0 Å². The molecule has 0 radical (unpaired) electrons. The predicted octanol–water partition coefficient (Wildman–Crippen LogP) is 1.43. The molecule has 1 aromatic carbocycles. The Morgan fingerprint density at radius 3 is 2.64 bits per heavy atom. The molecule has 11 nitrogen and oxygen atoms in total. The molecule has 1 atom stereocenters. The fraction of sp³-hybridized carbons (Fsp3) is 0.286. The highest BCUT2D eigenvalue weighted by Crippen LogP contribution is 2.25. The minimum atomic E-state index is -0.698. The zero-order valence-electron chi connectivity index (χ0n) is 13.2. The lowest BCUT2D eigenvalue weighted by Gasteiger charge is -2.10. The van der Waals surface area contributed by atoms with Crippen LogP contribution in [0.1, 0.15) is 11.3 Å². The van der Waals surface area contributed by atoms with Crippen LogP contribution >= 0.6 is 0 Å². The van der Waals surface area contributed by atoms with Gasteiger partial charge in [0.25, 0.3) is 11.4 Å². The monoisotopic (exact) mass is 349 g/mol. The molecule has 2 aromatic rings. The first-order valence-corrected chi connectivity index (χ1v) is 7.10. The molecular formula is C14H15N5O6. The summed E-state index contributed by atoms with van der Waals surface area (Å²) in [6, 6.07) is 2.90. The number of non-ortho nitro benzene ring substituents is 1. The van der Waals surface area contributed by atoms with Gasteiger partial charge in [0, 0.05) is 30.3 Å². The molecule has 1 aromatic heterocycles. The van der Waals surface area contributed by atoms with E-state index in [-0.39, 0.29) is 29.8 Å². The maximum Gasteiger partial charge on any atom is 0.418 e. The third-order valence-electron chi connectivity index (χ3n) is 3.45. The highest BCUT2D eigenvalue weighted by Gasteiger charge is 2.21. The van der Waals surface area contributed by atoms with E-state index in [0.29, 0.717) is 5.69 Å². The summed E-state index contributed by atoms with van der Waals surface area (Å²) in [5.74, 6) is 0. The fourth-order valence-corrected chi connectivity index (χ4v) is 2.31. The van der Waals surface area contributed by atoms with E-state index in [9.17, 15) is 25.0 Å². The summed E-state index contributed by atoms with van der Waals surface area (Å²) in [6.07, 6.45) is 2.52. The van der Waals surface area contributed by atoms with E-state index >= 15 is 0 Å². The third kappa shape index (κ3) is 4.35. The molecule has 0 fully saturated rings. The van der Waals surface area contributed by atoms with Crippen LogP contribution in [0.2, 0.25) is 0 Å². The van der Waals surface area contributed by atoms with Gasteiger partial charge in [0.05, 0.1) is 28.7 Å². The minimum Gasteiger partial charge on any atom is -0.452 e. The number of nitro groups is 2. The molecule has 0 spiro atoms. The summed E-state index contributed by atoms with van der Waals surface area (Å²) in [6.45, 7) is 0. The highest BCUT2D eigenvalue weighted by atomic mass is 16.6. The minimum absolute atomic E-state index is 0.124. The van der Waals surface area contributed by atoms with Gasteiger partial charge in [0.2, 0.25) is 0 Å². The number of nitrogens with zero attached hydrogens (tertiary/aromatic N) is 4. The Hall–Kier alpha value is -3.34. The van der Waals surface area contributed by atoms with Gasteiger partial charge in [-0.25, -0.2) is 14.3 Å². The molecule has 11 heteroatoms. The van der Waals surface area contributed by atoms with E-state index in [1.165, 1.54) is 31.8 Å². The number of hydrogen-bond donors (Lipinski definition) is 1. The number of hydrogen-bond acceptors (Lipinski definition) is 8. The summed E-state index contributed by atoms with van der Waals surface area (Å²) in [7, 11) is 1.24. The Labute approximate surface area is 141 Å². The summed E-state index contributed by atoms with van der Waals surface area (Å²) in [5, 5.41) is 21.9. The molecule has 0 saturated heterocycles. The summed E-state index contributed by atoms with van der Waals surface area (Å²) in [5.41, 5.74) is 6.09. The van der Waals surface area contributed by atoms with Crippen LogP contribution in [0.4, 0.5) is 16.2 Å². The van der Waals surface area contributed by atoms with Gasteiger partial charge in [0.1, 0.15) is 6.33 Å². The standard InChI is InChI=1S/C14H15N5O6/c1-25-14(20)17-7-11(16-8-17)5-10(15)4-9-2-3-12(18(21)22)6-13(9)19(23)24/h2-3,6-8,10H,4-5,15H2,1H3/t10-/m1/s1. The maximum absolute atomic E-state index is 11.3. The van der Waals surface area contributed by atoms with Crippen LogP contribution in [0.25, 0.3) is 0 Å². The summed E-state index contributed by atoms with van der Waals surface area (Å²) >= 11 is 0. The molecule has 0 bridgehead atoms. The van der Waals surface area contributed by atoms with E-state index < -0.39 is 22.0 Å². The Morgan fingerprint density at radius 2 is 2.04 bits per heavy atom. The average Bonchev–Trinajstić information content (AvgIpc) is 3.02. The Kier molecular flexibility index (Phi) is 5.39. The predicted molar refractivity (Wildman–Crippen MR) is 85.2 cm³/mol. The average molecular weight is 349 g/mol. The molecule has 2 N–H and O–H groups in total. The number of carbonyl (C=O) groups is 1. The van der Waals surface area contributed by atoms with Gasteiger partial charge in [-0.3, -0.25) is 20.2 Å². The molecule has 1 heterocycles. The molecule has 0 aliphatic heterocycles. The lowest BCUT2D eigenvalue weighted by Crippen LogP contribution is -2.26. The van der Waals surface area contributed by atoms with Crippen molar-refractivity contribution in [1.29, 1.82) is 0 Å². The molecule has 0 aliphatic rings. The molecule has 0 amide bonds. The number of aromatic nitrogens is 2. The molecule has 0 unspecified atom stereocenters. The van der Waals surface area contributed by atoms with E-state index in [2.05, 4.69) is 9.72 Å². The zero-order chi connectivity index (χ0) is 18.6. The number of ether oxygens (including phenoxy) is 1. The first-order valence-electron chi connectivity index (χ1n) is 7.10. The van der Waals surface area contributed by atoms with E-state index in [1.807, 2.05) is 0 Å². The van der Waals surface area contributed by atoms with Gasteiger partial charge in [-0.2, -0.15) is 0 Å². The smallest absolute Gasteiger partial charge is 0.418 e. The Morgan fingerprint density at radius 1 is 1.32 bits per heavy atom. The number of benzene rings is 1. The molecule has 0 aliphatic carbocycles. The van der Waals surface area contributed by atoms with Crippen LogP contribution in [0, 0.1) is 20.2 Å². The van der Waals surface area contributed by atoms with E-state index in [4.69, 9.17) is 5.73 Å². The number of nitro benzene ring substituents is 2. The normalized spacial score (nSPS) is 11.8. The van der Waals surface area contributed by atoms with Crippen molar-refractivity contribution in [3.63, 3.8) is 0 Å². The summed E-state index contributed by atoms with van der Waals surface area (Å²) in [4.78, 5) is 35.9. The second-order valence-corrected chi connectivity index (χ2v) is 5.24. The highest BCUT2D eigenvalue weighted by molar-refractivity contribution is 5.69. The second kappa shape index (κ2) is 7.49. The lowest BCUT2D eigenvalue weighted by atomic mass is 10.0. The van der Waals surface area contributed by atoms with Gasteiger partial charge in [0.15, 0.2) is 0 Å². The van der Waals surface area contributed by atoms with Gasteiger partial charge >= 0.3 is 6.09 Å². The largest absolute Gasteiger partial charge is 0.452 e. The van der Waals surface area contributed by atoms with Crippen molar-refractivity contribution < 1.29 is 19.4 Å². The maximum atomic E-state index is 11.3. The first kappa shape index (κ1) is 18.0. The Balaban J connectivity index is 2.13. The molecule has 2 rings (SSSR count). The molecular weight excluding hydrogens is 334 g/mol. The quantitative estimate of drug-likeness (QED) is 0.606. The van der Waals surface area contributed by atoms with Crippen molar-refractivity contribution >= 4 is 17.5 Å². The fourth-order valence-electron chi connectivity index (χ4n) is 2.31. The number of nitrogens with two attached hydrogens (primary N) is 1. The second-order valence-electron chi connectivity index (χ2n) is 5.24. The SMILES string of the molecule is COC(=O)n1cnc(C[C@H](N)Cc2ccc([N+](=O)[O-])cc2[N+](=O)[O-])c1. The van der Waals surface area contributed by atoms with Crippen LogP contribution < -0.4 is 5.73 Å². The lowest BCUT2D eigenvalue weighted by molar-refractivity contribution is -0.394. The van der Waals surface area contributed by atoms with Crippen LogP contribution in [0.15, 0.2) is 30.7 Å². The van der Waals surface area contributed by atoms with Crippen LogP contribution in [-0.4, -0.2) is 38.6 Å². The molecule has 0 saturated carbocycles. The van der Waals surface area contributed by atoms with Crippen molar-refractivity contribution in [1.82, 2.24) is 9.55 Å². The summed E-state index contributed by atoms with van der Waals surface area (Å²) < 4.78 is 5.69.